The van der Waals surface area contributed by atoms with Gasteiger partial charge in [0.15, 0.2) is 0 Å². The number of hydrogen-bond donors (Lipinski definition) is 2. The Morgan fingerprint density at radius 2 is 1.70 bits per heavy atom. The van der Waals surface area contributed by atoms with Crippen LogP contribution in [0.2, 0.25) is 10.3 Å². The number of carboxylic acid groups (broad SMARTS) is 2. The molecule has 2 unspecified atom stereocenters. The lowest BCUT2D eigenvalue weighted by atomic mass is 9.91. The fourth-order valence-corrected chi connectivity index (χ4v) is 3.82. The van der Waals surface area contributed by atoms with Gasteiger partial charge in [0.2, 0.25) is 0 Å². The third-order valence-electron chi connectivity index (χ3n) is 4.25. The molecule has 2 fully saturated rings. The SMILES string of the molecule is O=C(O)N1CC2C(C1)C2(C(=O)O)c1cc(Cl)nc(Cl)c1. The van der Waals surface area contributed by atoms with E-state index in [2.05, 4.69) is 4.98 Å². The fourth-order valence-electron chi connectivity index (χ4n) is 3.36. The first-order chi connectivity index (χ1) is 9.37. The molecule has 1 aromatic rings. The molecule has 0 bridgehead atoms. The lowest BCUT2D eigenvalue weighted by Gasteiger charge is -2.22. The van der Waals surface area contributed by atoms with Gasteiger partial charge in [0.25, 0.3) is 0 Å². The van der Waals surface area contributed by atoms with E-state index in [-0.39, 0.29) is 35.2 Å². The molecule has 1 aliphatic carbocycles. The number of nitrogens with zero attached hydrogens (tertiary/aromatic N) is 2. The van der Waals surface area contributed by atoms with Gasteiger partial charge >= 0.3 is 12.1 Å². The van der Waals surface area contributed by atoms with Crippen molar-refractivity contribution in [1.29, 1.82) is 0 Å². The highest BCUT2D eigenvalue weighted by atomic mass is 35.5. The average Bonchev–Trinajstić information content (AvgIpc) is 2.74. The summed E-state index contributed by atoms with van der Waals surface area (Å²) in [5, 5.41) is 18.8. The molecule has 8 heteroatoms. The van der Waals surface area contributed by atoms with Crippen LogP contribution in [0.4, 0.5) is 4.79 Å². The number of amides is 1. The van der Waals surface area contributed by atoms with Crippen molar-refractivity contribution in [3.63, 3.8) is 0 Å². The standard InChI is InChI=1S/C12H10Cl2N2O4/c13-8-1-5(2-9(14)15-8)12(10(17)18)6-3-16(11(19)20)4-7(6)12/h1-2,6-7H,3-4H2,(H,17,18)(H,19,20). The summed E-state index contributed by atoms with van der Waals surface area (Å²) in [4.78, 5) is 27.7. The topological polar surface area (TPSA) is 90.7 Å². The molecule has 2 N–H and O–H groups in total. The highest BCUT2D eigenvalue weighted by Gasteiger charge is 2.74. The Balaban J connectivity index is 1.98. The van der Waals surface area contributed by atoms with E-state index in [1.807, 2.05) is 0 Å². The summed E-state index contributed by atoms with van der Waals surface area (Å²) >= 11 is 11.7. The number of aliphatic carboxylic acids is 1. The minimum absolute atomic E-state index is 0.133. The van der Waals surface area contributed by atoms with Gasteiger partial charge in [-0.15, -0.1) is 0 Å². The van der Waals surface area contributed by atoms with E-state index in [1.54, 1.807) is 0 Å². The molecule has 0 spiro atoms. The molecular formula is C12H10Cl2N2O4. The molecule has 6 nitrogen and oxygen atoms in total. The normalized spacial score (nSPS) is 31.0. The van der Waals surface area contributed by atoms with E-state index in [9.17, 15) is 14.7 Å². The minimum Gasteiger partial charge on any atom is -0.481 e. The van der Waals surface area contributed by atoms with Crippen molar-refractivity contribution in [2.45, 2.75) is 5.41 Å². The number of carboxylic acids is 1. The molecule has 2 atom stereocenters. The number of aromatic nitrogens is 1. The summed E-state index contributed by atoms with van der Waals surface area (Å²) in [6.07, 6.45) is -1.03. The number of fused-ring (bicyclic) bond motifs is 1. The molecule has 2 heterocycles. The minimum atomic E-state index is -1.10. The molecule has 3 rings (SSSR count). The highest BCUT2D eigenvalue weighted by molar-refractivity contribution is 6.32. The molecule has 1 saturated carbocycles. The predicted molar refractivity (Wildman–Crippen MR) is 70.1 cm³/mol. The summed E-state index contributed by atoms with van der Waals surface area (Å²) in [7, 11) is 0. The molecule has 0 aromatic carbocycles. The zero-order chi connectivity index (χ0) is 14.7. The van der Waals surface area contributed by atoms with Gasteiger partial charge in [0.05, 0.1) is 0 Å². The van der Waals surface area contributed by atoms with E-state index in [1.165, 1.54) is 17.0 Å². The van der Waals surface area contributed by atoms with Gasteiger partial charge in [-0.2, -0.15) is 0 Å². The maximum atomic E-state index is 11.7. The molecule has 1 amide bonds. The van der Waals surface area contributed by atoms with Gasteiger partial charge in [-0.1, -0.05) is 23.2 Å². The van der Waals surface area contributed by atoms with Crippen molar-refractivity contribution >= 4 is 35.3 Å². The Bertz CT molecular complexity index is 589. The quantitative estimate of drug-likeness (QED) is 0.814. The number of carbonyl (C=O) groups is 2. The summed E-state index contributed by atoms with van der Waals surface area (Å²) in [6.45, 7) is 0.424. The van der Waals surface area contributed by atoms with Gasteiger partial charge in [-0.3, -0.25) is 4.79 Å². The largest absolute Gasteiger partial charge is 0.481 e. The molecule has 0 radical (unpaired) electrons. The van der Waals surface area contributed by atoms with Crippen molar-refractivity contribution in [2.75, 3.05) is 13.1 Å². The first-order valence-electron chi connectivity index (χ1n) is 5.92. The summed E-state index contributed by atoms with van der Waals surface area (Å²) in [5.41, 5.74) is -0.600. The zero-order valence-electron chi connectivity index (χ0n) is 10.1. The van der Waals surface area contributed by atoms with Crippen LogP contribution < -0.4 is 0 Å². The molecule has 106 valence electrons. The Morgan fingerprint density at radius 1 is 1.20 bits per heavy atom. The predicted octanol–water partition coefficient (Wildman–Crippen LogP) is 1.95. The lowest BCUT2D eigenvalue weighted by Crippen LogP contribution is -2.37. The first-order valence-corrected chi connectivity index (χ1v) is 6.67. The van der Waals surface area contributed by atoms with Crippen molar-refractivity contribution in [3.8, 4) is 0 Å². The van der Waals surface area contributed by atoms with E-state index >= 15 is 0 Å². The van der Waals surface area contributed by atoms with Gasteiger partial charge < -0.3 is 15.1 Å². The van der Waals surface area contributed by atoms with Crippen molar-refractivity contribution in [2.24, 2.45) is 11.8 Å². The Hall–Kier alpha value is -1.53. The molecule has 1 aliphatic heterocycles. The van der Waals surface area contributed by atoms with Crippen LogP contribution in [-0.2, 0) is 10.2 Å². The molecule has 2 aliphatic rings. The van der Waals surface area contributed by atoms with Crippen LogP contribution >= 0.6 is 23.2 Å². The Labute approximate surface area is 123 Å². The van der Waals surface area contributed by atoms with E-state index in [4.69, 9.17) is 28.3 Å². The second-order valence-electron chi connectivity index (χ2n) is 5.08. The Kier molecular flexibility index (Phi) is 2.85. The van der Waals surface area contributed by atoms with Crippen LogP contribution in [0.5, 0.6) is 0 Å². The third-order valence-corrected chi connectivity index (χ3v) is 4.63. The van der Waals surface area contributed by atoms with Gasteiger partial charge in [0, 0.05) is 24.9 Å². The smallest absolute Gasteiger partial charge is 0.407 e. The zero-order valence-corrected chi connectivity index (χ0v) is 11.6. The molecule has 1 saturated heterocycles. The molecular weight excluding hydrogens is 307 g/mol. The van der Waals surface area contributed by atoms with Gasteiger partial charge in [-0.25, -0.2) is 9.78 Å². The fraction of sp³-hybridized carbons (Fsp3) is 0.417. The van der Waals surface area contributed by atoms with Crippen LogP contribution in [0.25, 0.3) is 0 Å². The summed E-state index contributed by atoms with van der Waals surface area (Å²) in [6, 6.07) is 2.98. The van der Waals surface area contributed by atoms with Gasteiger partial charge in [-0.05, 0) is 17.7 Å². The number of hydrogen-bond acceptors (Lipinski definition) is 3. The number of pyridine rings is 1. The number of likely N-dealkylation sites (tertiary alicyclic amines) is 1. The number of piperidine rings is 1. The summed E-state index contributed by atoms with van der Waals surface area (Å²) in [5.74, 6) is -1.47. The molecule has 20 heavy (non-hydrogen) atoms. The van der Waals surface area contributed by atoms with Crippen LogP contribution in [0, 0.1) is 11.8 Å². The van der Waals surface area contributed by atoms with Crippen LogP contribution in [-0.4, -0.2) is 45.2 Å². The van der Waals surface area contributed by atoms with Gasteiger partial charge in [0.1, 0.15) is 15.7 Å². The second-order valence-corrected chi connectivity index (χ2v) is 5.85. The van der Waals surface area contributed by atoms with E-state index < -0.39 is 17.5 Å². The molecule has 1 aromatic heterocycles. The second kappa shape index (κ2) is 4.23. The average molecular weight is 317 g/mol. The number of rotatable bonds is 2. The highest BCUT2D eigenvalue weighted by Crippen LogP contribution is 2.64. The van der Waals surface area contributed by atoms with Crippen molar-refractivity contribution in [1.82, 2.24) is 9.88 Å². The van der Waals surface area contributed by atoms with E-state index in [0.717, 1.165) is 0 Å². The maximum Gasteiger partial charge on any atom is 0.407 e. The van der Waals surface area contributed by atoms with Crippen molar-refractivity contribution in [3.05, 3.63) is 28.0 Å². The first kappa shape index (κ1) is 13.5. The van der Waals surface area contributed by atoms with Crippen LogP contribution in [0.3, 0.4) is 0 Å². The Morgan fingerprint density at radius 3 is 2.10 bits per heavy atom. The van der Waals surface area contributed by atoms with Crippen LogP contribution in [0.1, 0.15) is 5.56 Å². The van der Waals surface area contributed by atoms with E-state index in [0.29, 0.717) is 5.56 Å². The maximum absolute atomic E-state index is 11.7. The van der Waals surface area contributed by atoms with Crippen molar-refractivity contribution < 1.29 is 19.8 Å². The monoisotopic (exact) mass is 316 g/mol. The lowest BCUT2D eigenvalue weighted by molar-refractivity contribution is -0.141. The summed E-state index contributed by atoms with van der Waals surface area (Å²) < 4.78 is 0. The third kappa shape index (κ3) is 1.68. The number of halogens is 2. The van der Waals surface area contributed by atoms with Crippen LogP contribution in [0.15, 0.2) is 12.1 Å².